The Morgan fingerprint density at radius 2 is 1.75 bits per heavy atom. The minimum atomic E-state index is -0.830. The lowest BCUT2D eigenvalue weighted by Gasteiger charge is -2.21. The van der Waals surface area contributed by atoms with Crippen LogP contribution in [0.1, 0.15) is 32.6 Å². The quantitative estimate of drug-likeness (QED) is 0.633. The molecule has 1 saturated heterocycles. The average molecular weight is 171 g/mol. The van der Waals surface area contributed by atoms with Gasteiger partial charge in [0.25, 0.3) is 5.91 Å². The number of rotatable bonds is 1. The summed E-state index contributed by atoms with van der Waals surface area (Å²) in [6, 6.07) is 0. The van der Waals surface area contributed by atoms with E-state index in [4.69, 9.17) is 5.11 Å². The van der Waals surface area contributed by atoms with Gasteiger partial charge in [0.05, 0.1) is 0 Å². The highest BCUT2D eigenvalue weighted by atomic mass is 16.3. The van der Waals surface area contributed by atoms with Crippen molar-refractivity contribution in [2.45, 2.75) is 38.7 Å². The number of carbonyl (C=O) groups is 1. The van der Waals surface area contributed by atoms with Gasteiger partial charge in [-0.25, -0.2) is 0 Å². The van der Waals surface area contributed by atoms with Crippen LogP contribution in [0.5, 0.6) is 0 Å². The van der Waals surface area contributed by atoms with Gasteiger partial charge in [-0.05, 0) is 19.8 Å². The summed E-state index contributed by atoms with van der Waals surface area (Å²) in [6.45, 7) is 3.18. The van der Waals surface area contributed by atoms with E-state index in [0.717, 1.165) is 25.9 Å². The molecule has 1 unspecified atom stereocenters. The maximum absolute atomic E-state index is 11.3. The van der Waals surface area contributed by atoms with Gasteiger partial charge in [0.1, 0.15) is 6.10 Å². The van der Waals surface area contributed by atoms with Crippen LogP contribution in [0.2, 0.25) is 0 Å². The molecule has 1 amide bonds. The van der Waals surface area contributed by atoms with Crippen LogP contribution < -0.4 is 0 Å². The van der Waals surface area contributed by atoms with Gasteiger partial charge in [0.15, 0.2) is 0 Å². The summed E-state index contributed by atoms with van der Waals surface area (Å²) in [6.07, 6.45) is 3.76. The van der Waals surface area contributed by atoms with E-state index in [2.05, 4.69) is 0 Å². The number of likely N-dealkylation sites (tertiary alicyclic amines) is 1. The third-order valence-electron chi connectivity index (χ3n) is 2.28. The molecule has 0 bridgehead atoms. The fraction of sp³-hybridized carbons (Fsp3) is 0.889. The van der Waals surface area contributed by atoms with Crippen LogP contribution in [0, 0.1) is 0 Å². The fourth-order valence-electron chi connectivity index (χ4n) is 1.56. The Balaban J connectivity index is 2.43. The summed E-state index contributed by atoms with van der Waals surface area (Å²) in [5.74, 6) is -0.114. The van der Waals surface area contributed by atoms with Crippen LogP contribution in [0.4, 0.5) is 0 Å². The number of amides is 1. The van der Waals surface area contributed by atoms with Crippen molar-refractivity contribution in [3.63, 3.8) is 0 Å². The number of aliphatic hydroxyl groups excluding tert-OH is 1. The second-order valence-electron chi connectivity index (χ2n) is 3.42. The molecule has 0 aromatic rings. The molecule has 1 aliphatic rings. The number of aliphatic hydroxyl groups is 1. The number of hydrogen-bond donors (Lipinski definition) is 1. The van der Waals surface area contributed by atoms with Gasteiger partial charge in [-0.3, -0.25) is 4.79 Å². The highest BCUT2D eigenvalue weighted by Crippen LogP contribution is 2.10. The largest absolute Gasteiger partial charge is 0.384 e. The second kappa shape index (κ2) is 4.45. The number of carbonyl (C=O) groups excluding carboxylic acids is 1. The van der Waals surface area contributed by atoms with Crippen molar-refractivity contribution in [2.75, 3.05) is 13.1 Å². The Hall–Kier alpha value is -0.570. The van der Waals surface area contributed by atoms with Crippen molar-refractivity contribution < 1.29 is 9.90 Å². The van der Waals surface area contributed by atoms with Crippen molar-refractivity contribution in [3.05, 3.63) is 0 Å². The van der Waals surface area contributed by atoms with E-state index in [1.165, 1.54) is 19.8 Å². The predicted molar refractivity (Wildman–Crippen MR) is 46.7 cm³/mol. The van der Waals surface area contributed by atoms with E-state index in [1.54, 1.807) is 4.90 Å². The van der Waals surface area contributed by atoms with Crippen molar-refractivity contribution in [1.82, 2.24) is 4.90 Å². The Morgan fingerprint density at radius 3 is 2.17 bits per heavy atom. The summed E-state index contributed by atoms with van der Waals surface area (Å²) in [7, 11) is 0. The SMILES string of the molecule is CC(O)C(=O)N1CCCCCC1. The van der Waals surface area contributed by atoms with Crippen LogP contribution in [0.3, 0.4) is 0 Å². The Labute approximate surface area is 73.4 Å². The Kier molecular flexibility index (Phi) is 3.53. The van der Waals surface area contributed by atoms with Gasteiger partial charge in [0.2, 0.25) is 0 Å². The topological polar surface area (TPSA) is 40.5 Å². The highest BCUT2D eigenvalue weighted by Gasteiger charge is 2.18. The van der Waals surface area contributed by atoms with E-state index in [9.17, 15) is 4.79 Å². The van der Waals surface area contributed by atoms with Crippen LogP contribution in [0.15, 0.2) is 0 Å². The molecule has 0 aromatic heterocycles. The van der Waals surface area contributed by atoms with Crippen LogP contribution in [-0.4, -0.2) is 35.1 Å². The van der Waals surface area contributed by atoms with E-state index in [-0.39, 0.29) is 5.91 Å². The van der Waals surface area contributed by atoms with Crippen LogP contribution >= 0.6 is 0 Å². The third-order valence-corrected chi connectivity index (χ3v) is 2.28. The molecule has 0 saturated carbocycles. The molecule has 1 N–H and O–H groups in total. The molecule has 1 rings (SSSR count). The lowest BCUT2D eigenvalue weighted by atomic mass is 10.2. The normalized spacial score (nSPS) is 21.7. The summed E-state index contributed by atoms with van der Waals surface area (Å²) >= 11 is 0. The highest BCUT2D eigenvalue weighted by molar-refractivity contribution is 5.80. The molecule has 0 aliphatic carbocycles. The van der Waals surface area contributed by atoms with Gasteiger partial charge in [-0.1, -0.05) is 12.8 Å². The van der Waals surface area contributed by atoms with E-state index < -0.39 is 6.10 Å². The van der Waals surface area contributed by atoms with Gasteiger partial charge in [-0.2, -0.15) is 0 Å². The van der Waals surface area contributed by atoms with Gasteiger partial charge in [-0.15, -0.1) is 0 Å². The summed E-state index contributed by atoms with van der Waals surface area (Å²) in [5.41, 5.74) is 0. The molecule has 70 valence electrons. The molecular formula is C9H17NO2. The Bertz CT molecular complexity index is 149. The zero-order valence-corrected chi connectivity index (χ0v) is 7.62. The first-order valence-corrected chi connectivity index (χ1v) is 4.68. The Morgan fingerprint density at radius 1 is 1.25 bits per heavy atom. The van der Waals surface area contributed by atoms with Gasteiger partial charge < -0.3 is 10.0 Å². The molecular weight excluding hydrogens is 154 g/mol. The maximum Gasteiger partial charge on any atom is 0.251 e. The van der Waals surface area contributed by atoms with Crippen LogP contribution in [-0.2, 0) is 4.79 Å². The first-order chi connectivity index (χ1) is 5.72. The molecule has 1 atom stereocenters. The summed E-state index contributed by atoms with van der Waals surface area (Å²) in [4.78, 5) is 13.1. The van der Waals surface area contributed by atoms with Crippen molar-refractivity contribution >= 4 is 5.91 Å². The van der Waals surface area contributed by atoms with Crippen molar-refractivity contribution in [1.29, 1.82) is 0 Å². The second-order valence-corrected chi connectivity index (χ2v) is 3.42. The molecule has 1 aliphatic heterocycles. The smallest absolute Gasteiger partial charge is 0.251 e. The summed E-state index contributed by atoms with van der Waals surface area (Å²) in [5, 5.41) is 9.07. The van der Waals surface area contributed by atoms with E-state index in [0.29, 0.717) is 0 Å². The molecule has 3 heteroatoms. The maximum atomic E-state index is 11.3. The monoisotopic (exact) mass is 171 g/mol. The molecule has 1 fully saturated rings. The predicted octanol–water partition coefficient (Wildman–Crippen LogP) is 0.770. The van der Waals surface area contributed by atoms with Crippen molar-refractivity contribution in [2.24, 2.45) is 0 Å². The molecule has 0 spiro atoms. The minimum absolute atomic E-state index is 0.114. The molecule has 0 radical (unpaired) electrons. The zero-order valence-electron chi connectivity index (χ0n) is 7.62. The molecule has 0 aromatic carbocycles. The fourth-order valence-corrected chi connectivity index (χ4v) is 1.56. The van der Waals surface area contributed by atoms with Crippen molar-refractivity contribution in [3.8, 4) is 0 Å². The van der Waals surface area contributed by atoms with E-state index >= 15 is 0 Å². The molecule has 12 heavy (non-hydrogen) atoms. The molecule has 1 heterocycles. The van der Waals surface area contributed by atoms with E-state index in [1.807, 2.05) is 0 Å². The molecule has 3 nitrogen and oxygen atoms in total. The van der Waals surface area contributed by atoms with Crippen LogP contribution in [0.25, 0.3) is 0 Å². The third kappa shape index (κ3) is 2.48. The van der Waals surface area contributed by atoms with Gasteiger partial charge >= 0.3 is 0 Å². The average Bonchev–Trinajstić information content (AvgIpc) is 2.30. The summed E-state index contributed by atoms with van der Waals surface area (Å²) < 4.78 is 0. The lowest BCUT2D eigenvalue weighted by Crippen LogP contribution is -2.38. The zero-order chi connectivity index (χ0) is 8.97. The number of hydrogen-bond acceptors (Lipinski definition) is 2. The number of nitrogens with zero attached hydrogens (tertiary/aromatic N) is 1. The first kappa shape index (κ1) is 9.52. The standard InChI is InChI=1S/C9H17NO2/c1-8(11)9(12)10-6-4-2-3-5-7-10/h8,11H,2-7H2,1H3. The minimum Gasteiger partial charge on any atom is -0.384 e. The first-order valence-electron chi connectivity index (χ1n) is 4.68. The van der Waals surface area contributed by atoms with Gasteiger partial charge in [0, 0.05) is 13.1 Å². The lowest BCUT2D eigenvalue weighted by molar-refractivity contribution is -0.139.